The second kappa shape index (κ2) is 7.33. The molecule has 0 bridgehead atoms. The molecule has 0 aliphatic carbocycles. The van der Waals surface area contributed by atoms with Gasteiger partial charge in [0.05, 0.1) is 10.9 Å². The van der Waals surface area contributed by atoms with Crippen LogP contribution in [0.4, 0.5) is 0 Å². The standard InChI is InChI=1S/C32H32NS/c1-18(2)27-23-11-9-8-10-22(23)19(3)28-30-29-24(14-15-33(30)7)25-17-21(32(4,5)6)13-12-20(25)16-26(29)34-31(27)28/h8-18H,1-7H3/q+1. The largest absolute Gasteiger partial charge is 0.222 e. The normalized spacial score (nSPS) is 13.3. The van der Waals surface area contributed by atoms with Gasteiger partial charge in [-0.15, -0.1) is 0 Å². The highest BCUT2D eigenvalue weighted by atomic mass is 32.2. The van der Waals surface area contributed by atoms with Gasteiger partial charge in [-0.2, -0.15) is 0 Å². The molecular weight excluding hydrogens is 430 g/mol. The van der Waals surface area contributed by atoms with Gasteiger partial charge >= 0.3 is 0 Å². The summed E-state index contributed by atoms with van der Waals surface area (Å²) < 4.78 is 2.34. The lowest BCUT2D eigenvalue weighted by molar-refractivity contribution is -0.659. The van der Waals surface area contributed by atoms with Crippen molar-refractivity contribution in [2.45, 2.75) is 62.7 Å². The number of benzene rings is 4. The van der Waals surface area contributed by atoms with Crippen LogP contribution in [-0.2, 0) is 12.5 Å². The highest BCUT2D eigenvalue weighted by Crippen LogP contribution is 2.54. The van der Waals surface area contributed by atoms with Crippen LogP contribution in [0.5, 0.6) is 0 Å². The number of hydrogen-bond acceptors (Lipinski definition) is 1. The van der Waals surface area contributed by atoms with Crippen LogP contribution >= 0.6 is 11.8 Å². The molecule has 0 fully saturated rings. The van der Waals surface area contributed by atoms with E-state index in [4.69, 9.17) is 0 Å². The first kappa shape index (κ1) is 21.7. The Labute approximate surface area is 206 Å². The molecule has 0 amide bonds. The first-order chi connectivity index (χ1) is 16.2. The van der Waals surface area contributed by atoms with Crippen molar-refractivity contribution in [3.05, 3.63) is 77.5 Å². The molecular formula is C32H32NS+. The molecule has 1 aliphatic rings. The second-order valence-corrected chi connectivity index (χ2v) is 12.2. The summed E-state index contributed by atoms with van der Waals surface area (Å²) >= 11 is 1.98. The maximum Gasteiger partial charge on any atom is 0.222 e. The fourth-order valence-corrected chi connectivity index (χ4v) is 7.30. The molecule has 1 nitrogen and oxygen atoms in total. The number of aryl methyl sites for hydroxylation is 2. The third-order valence-corrected chi connectivity index (χ3v) is 8.73. The minimum atomic E-state index is 0.127. The first-order valence-corrected chi connectivity index (χ1v) is 13.1. The summed E-state index contributed by atoms with van der Waals surface area (Å²) in [5.74, 6) is 0.451. The van der Waals surface area contributed by atoms with Crippen LogP contribution < -0.4 is 4.57 Å². The number of rotatable bonds is 1. The molecule has 2 heteroatoms. The molecule has 0 radical (unpaired) electrons. The van der Waals surface area contributed by atoms with E-state index < -0.39 is 0 Å². The van der Waals surface area contributed by atoms with Gasteiger partial charge in [0.1, 0.15) is 7.05 Å². The van der Waals surface area contributed by atoms with Gasteiger partial charge < -0.3 is 0 Å². The van der Waals surface area contributed by atoms with Crippen LogP contribution in [0, 0.1) is 6.92 Å². The third-order valence-electron chi connectivity index (χ3n) is 7.56. The van der Waals surface area contributed by atoms with E-state index in [1.807, 2.05) is 11.8 Å². The maximum absolute atomic E-state index is 2.43. The summed E-state index contributed by atoms with van der Waals surface area (Å²) in [5.41, 5.74) is 7.15. The van der Waals surface area contributed by atoms with Gasteiger partial charge in [0.25, 0.3) is 0 Å². The molecule has 0 unspecified atom stereocenters. The van der Waals surface area contributed by atoms with Crippen LogP contribution in [0.2, 0.25) is 0 Å². The summed E-state index contributed by atoms with van der Waals surface area (Å²) in [4.78, 5) is 2.81. The molecule has 5 aromatic rings. The van der Waals surface area contributed by atoms with Gasteiger partial charge in [-0.1, -0.05) is 82.8 Å². The highest BCUT2D eigenvalue weighted by Gasteiger charge is 2.33. The van der Waals surface area contributed by atoms with Gasteiger partial charge in [0, 0.05) is 21.2 Å². The quantitative estimate of drug-likeness (QED) is 0.174. The van der Waals surface area contributed by atoms with Crippen molar-refractivity contribution >= 4 is 44.1 Å². The van der Waals surface area contributed by atoms with Crippen LogP contribution in [0.3, 0.4) is 0 Å². The average molecular weight is 463 g/mol. The minimum Gasteiger partial charge on any atom is -0.200 e. The fourth-order valence-electron chi connectivity index (χ4n) is 5.78. The van der Waals surface area contributed by atoms with Crippen LogP contribution in [-0.4, -0.2) is 0 Å². The molecule has 0 N–H and O–H groups in total. The fraction of sp³-hybridized carbons (Fsp3) is 0.281. The van der Waals surface area contributed by atoms with E-state index in [0.717, 1.165) is 0 Å². The zero-order valence-corrected chi connectivity index (χ0v) is 22.0. The zero-order valence-electron chi connectivity index (χ0n) is 21.2. The zero-order chi connectivity index (χ0) is 23.9. The van der Waals surface area contributed by atoms with E-state index in [1.165, 1.54) is 70.1 Å². The minimum absolute atomic E-state index is 0.127. The van der Waals surface area contributed by atoms with Crippen LogP contribution in [0.15, 0.2) is 70.6 Å². The van der Waals surface area contributed by atoms with Crippen molar-refractivity contribution in [2.75, 3.05) is 0 Å². The Morgan fingerprint density at radius 2 is 1.59 bits per heavy atom. The van der Waals surface area contributed by atoms with Gasteiger partial charge in [-0.25, -0.2) is 4.57 Å². The number of fused-ring (bicyclic) bond motifs is 5. The highest BCUT2D eigenvalue weighted by molar-refractivity contribution is 8.00. The van der Waals surface area contributed by atoms with E-state index in [9.17, 15) is 0 Å². The molecule has 4 aromatic carbocycles. The summed E-state index contributed by atoms with van der Waals surface area (Å²) in [7, 11) is 2.21. The summed E-state index contributed by atoms with van der Waals surface area (Å²) in [6.07, 6.45) is 2.26. The second-order valence-electron chi connectivity index (χ2n) is 11.2. The molecule has 170 valence electrons. The molecule has 0 atom stereocenters. The monoisotopic (exact) mass is 462 g/mol. The Morgan fingerprint density at radius 3 is 2.29 bits per heavy atom. The van der Waals surface area contributed by atoms with E-state index in [0.29, 0.717) is 5.92 Å². The Morgan fingerprint density at radius 1 is 0.853 bits per heavy atom. The number of hydrogen-bond donors (Lipinski definition) is 0. The Balaban J connectivity index is 1.81. The van der Waals surface area contributed by atoms with E-state index in [-0.39, 0.29) is 5.41 Å². The maximum atomic E-state index is 2.43. The predicted molar refractivity (Wildman–Crippen MR) is 147 cm³/mol. The lowest BCUT2D eigenvalue weighted by Crippen LogP contribution is -2.32. The smallest absolute Gasteiger partial charge is 0.200 e. The number of pyridine rings is 1. The predicted octanol–water partition coefficient (Wildman–Crippen LogP) is 8.83. The molecule has 2 heterocycles. The summed E-state index contributed by atoms with van der Waals surface area (Å²) in [6.45, 7) is 13.9. The topological polar surface area (TPSA) is 3.88 Å². The Kier molecular flexibility index (Phi) is 4.67. The van der Waals surface area contributed by atoms with Crippen molar-refractivity contribution < 1.29 is 4.57 Å². The van der Waals surface area contributed by atoms with Gasteiger partial charge in [-0.3, -0.25) is 0 Å². The first-order valence-electron chi connectivity index (χ1n) is 12.3. The SMILES string of the molecule is Cc1c2c(c(C(C)C)c3ccccc13)Sc1cc3ccc(C(C)(C)C)cc3c3cc[n+](C)c-2c13. The molecule has 1 aromatic heterocycles. The molecule has 6 rings (SSSR count). The molecule has 1 aliphatic heterocycles. The average Bonchev–Trinajstić information content (AvgIpc) is 2.79. The van der Waals surface area contributed by atoms with Crippen molar-refractivity contribution in [3.8, 4) is 11.3 Å². The molecule has 34 heavy (non-hydrogen) atoms. The van der Waals surface area contributed by atoms with Crippen molar-refractivity contribution in [3.63, 3.8) is 0 Å². The van der Waals surface area contributed by atoms with Gasteiger partial charge in [0.2, 0.25) is 5.69 Å². The van der Waals surface area contributed by atoms with Gasteiger partial charge in [0.15, 0.2) is 6.20 Å². The Bertz CT molecular complexity index is 1650. The lowest BCUT2D eigenvalue weighted by atomic mass is 9.84. The van der Waals surface area contributed by atoms with Crippen molar-refractivity contribution in [2.24, 2.45) is 7.05 Å². The third kappa shape index (κ3) is 2.98. The van der Waals surface area contributed by atoms with E-state index in [2.05, 4.69) is 114 Å². The number of nitrogens with zero attached hydrogens (tertiary/aromatic N) is 1. The lowest BCUT2D eigenvalue weighted by Gasteiger charge is -2.26. The van der Waals surface area contributed by atoms with Crippen molar-refractivity contribution in [1.29, 1.82) is 0 Å². The number of aromatic nitrogens is 1. The van der Waals surface area contributed by atoms with E-state index in [1.54, 1.807) is 0 Å². The van der Waals surface area contributed by atoms with Crippen LogP contribution in [0.1, 0.15) is 57.2 Å². The van der Waals surface area contributed by atoms with E-state index >= 15 is 0 Å². The summed E-state index contributed by atoms with van der Waals surface area (Å²) in [5, 5.41) is 8.23. The Hall–Kier alpha value is -2.84. The molecule has 0 saturated heterocycles. The van der Waals surface area contributed by atoms with Crippen LogP contribution in [0.25, 0.3) is 43.6 Å². The van der Waals surface area contributed by atoms with Gasteiger partial charge in [-0.05, 0) is 68.6 Å². The van der Waals surface area contributed by atoms with Crippen molar-refractivity contribution in [1.82, 2.24) is 0 Å². The molecule has 0 saturated carbocycles. The summed E-state index contributed by atoms with van der Waals surface area (Å²) in [6, 6.07) is 20.8. The molecule has 0 spiro atoms.